The van der Waals surface area contributed by atoms with Crippen molar-refractivity contribution in [3.8, 4) is 0 Å². The van der Waals surface area contributed by atoms with Crippen molar-refractivity contribution < 1.29 is 28.3 Å². The molecule has 2 amide bonds. The van der Waals surface area contributed by atoms with Crippen molar-refractivity contribution >= 4 is 18.0 Å². The molecule has 1 aromatic heterocycles. The van der Waals surface area contributed by atoms with E-state index in [-0.39, 0.29) is 24.3 Å². The molecular weight excluding hydrogens is 344 g/mol. The monoisotopic (exact) mass is 370 g/mol. The Labute approximate surface area is 152 Å². The number of nitrogens with zero attached hydrogens (tertiary/aromatic N) is 3. The van der Waals surface area contributed by atoms with Crippen LogP contribution >= 0.6 is 0 Å². The van der Waals surface area contributed by atoms with E-state index < -0.39 is 29.6 Å². The molecule has 0 spiro atoms. The lowest BCUT2D eigenvalue weighted by molar-refractivity contribution is 0.0471. The molecule has 0 radical (unpaired) electrons. The van der Waals surface area contributed by atoms with Crippen LogP contribution in [0.25, 0.3) is 0 Å². The van der Waals surface area contributed by atoms with E-state index in [4.69, 9.17) is 13.9 Å². The standard InChI is InChI=1S/C16H26N4O6/c1-9(2)11(17-14(22)26-16(3,4)5)12(21)13-19-18-10(25-13)8-24-15(23)20(6)7/h9,11H,8H2,1-7H3,(H,17,22). The van der Waals surface area contributed by atoms with Crippen LogP contribution < -0.4 is 5.32 Å². The van der Waals surface area contributed by atoms with Gasteiger partial charge in [-0.05, 0) is 26.7 Å². The van der Waals surface area contributed by atoms with E-state index in [0.29, 0.717) is 0 Å². The first-order chi connectivity index (χ1) is 11.9. The molecule has 1 rings (SSSR count). The van der Waals surface area contributed by atoms with Crippen molar-refractivity contribution in [2.45, 2.75) is 52.9 Å². The average Bonchev–Trinajstić information content (AvgIpc) is 2.96. The highest BCUT2D eigenvalue weighted by Gasteiger charge is 2.31. The fourth-order valence-corrected chi connectivity index (χ4v) is 1.77. The van der Waals surface area contributed by atoms with Gasteiger partial charge in [-0.25, -0.2) is 9.59 Å². The third-order valence-electron chi connectivity index (χ3n) is 2.98. The van der Waals surface area contributed by atoms with Gasteiger partial charge in [0.05, 0.1) is 0 Å². The Morgan fingerprint density at radius 3 is 2.31 bits per heavy atom. The number of amides is 2. The van der Waals surface area contributed by atoms with Crippen LogP contribution in [0.5, 0.6) is 0 Å². The van der Waals surface area contributed by atoms with Gasteiger partial charge in [0.25, 0.3) is 11.8 Å². The SMILES string of the molecule is CC(C)C(NC(=O)OC(C)(C)C)C(=O)c1nnc(COC(=O)N(C)C)o1. The van der Waals surface area contributed by atoms with Gasteiger partial charge in [0, 0.05) is 14.1 Å². The van der Waals surface area contributed by atoms with E-state index in [0.717, 1.165) is 0 Å². The van der Waals surface area contributed by atoms with Gasteiger partial charge in [-0.3, -0.25) is 4.79 Å². The smallest absolute Gasteiger partial charge is 0.409 e. The van der Waals surface area contributed by atoms with Crippen molar-refractivity contribution in [1.29, 1.82) is 0 Å². The number of alkyl carbamates (subject to hydrolysis) is 1. The predicted octanol–water partition coefficient (Wildman–Crippen LogP) is 2.00. The van der Waals surface area contributed by atoms with Crippen LogP contribution in [0.4, 0.5) is 9.59 Å². The number of Topliss-reactive ketones (excluding diaryl/α,β-unsaturated/α-hetero) is 1. The third kappa shape index (κ3) is 6.69. The summed E-state index contributed by atoms with van der Waals surface area (Å²) >= 11 is 0. The second-order valence-corrected chi connectivity index (χ2v) is 7.18. The van der Waals surface area contributed by atoms with Gasteiger partial charge in [0.1, 0.15) is 11.6 Å². The zero-order chi connectivity index (χ0) is 20.1. The molecule has 1 atom stereocenters. The summed E-state index contributed by atoms with van der Waals surface area (Å²) in [4.78, 5) is 37.1. The minimum atomic E-state index is -0.900. The molecule has 26 heavy (non-hydrogen) atoms. The molecule has 0 bridgehead atoms. The Kier molecular flexibility index (Phi) is 7.10. The summed E-state index contributed by atoms with van der Waals surface area (Å²) in [6.07, 6.45) is -1.30. The predicted molar refractivity (Wildman–Crippen MR) is 90.5 cm³/mol. The first-order valence-corrected chi connectivity index (χ1v) is 8.11. The van der Waals surface area contributed by atoms with Gasteiger partial charge < -0.3 is 24.1 Å². The molecule has 0 aromatic carbocycles. The lowest BCUT2D eigenvalue weighted by Crippen LogP contribution is -2.46. The molecule has 0 aliphatic carbocycles. The molecule has 0 aliphatic rings. The maximum atomic E-state index is 12.6. The van der Waals surface area contributed by atoms with Crippen molar-refractivity contribution in [2.24, 2.45) is 5.92 Å². The zero-order valence-corrected chi connectivity index (χ0v) is 16.2. The number of carbonyl (C=O) groups is 3. The number of ketones is 1. The number of aromatic nitrogens is 2. The minimum Gasteiger partial charge on any atom is -0.444 e. The first kappa shape index (κ1) is 21.4. The number of rotatable bonds is 6. The van der Waals surface area contributed by atoms with E-state index >= 15 is 0 Å². The maximum absolute atomic E-state index is 12.6. The number of carbonyl (C=O) groups excluding carboxylic acids is 3. The molecule has 10 heteroatoms. The highest BCUT2D eigenvalue weighted by molar-refractivity contribution is 5.98. The van der Waals surface area contributed by atoms with Crippen LogP contribution in [0.1, 0.15) is 51.2 Å². The van der Waals surface area contributed by atoms with Gasteiger partial charge in [0.2, 0.25) is 5.78 Å². The summed E-state index contributed by atoms with van der Waals surface area (Å²) in [5.41, 5.74) is -0.692. The molecule has 1 unspecified atom stereocenters. The molecule has 0 saturated carbocycles. The second-order valence-electron chi connectivity index (χ2n) is 7.18. The van der Waals surface area contributed by atoms with Gasteiger partial charge in [-0.15, -0.1) is 10.2 Å². The van der Waals surface area contributed by atoms with E-state index in [9.17, 15) is 14.4 Å². The number of nitrogens with one attached hydrogen (secondary N) is 1. The zero-order valence-electron chi connectivity index (χ0n) is 16.2. The molecule has 1 heterocycles. The summed E-state index contributed by atoms with van der Waals surface area (Å²) in [6, 6.07) is -0.900. The Balaban J connectivity index is 2.78. The Hall–Kier alpha value is -2.65. The number of hydrogen-bond donors (Lipinski definition) is 1. The third-order valence-corrected chi connectivity index (χ3v) is 2.98. The van der Waals surface area contributed by atoms with E-state index in [1.807, 2.05) is 0 Å². The van der Waals surface area contributed by atoms with Gasteiger partial charge >= 0.3 is 12.2 Å². The molecule has 0 saturated heterocycles. The Morgan fingerprint density at radius 2 is 1.81 bits per heavy atom. The molecule has 146 valence electrons. The van der Waals surface area contributed by atoms with Crippen LogP contribution in [0.15, 0.2) is 4.42 Å². The van der Waals surface area contributed by atoms with E-state index in [1.165, 1.54) is 19.0 Å². The highest BCUT2D eigenvalue weighted by Crippen LogP contribution is 2.13. The minimum absolute atomic E-state index is 0.0247. The topological polar surface area (TPSA) is 124 Å². The normalized spacial score (nSPS) is 12.5. The highest BCUT2D eigenvalue weighted by atomic mass is 16.6. The largest absolute Gasteiger partial charge is 0.444 e. The van der Waals surface area contributed by atoms with Gasteiger partial charge in [-0.2, -0.15) is 0 Å². The van der Waals surface area contributed by atoms with Crippen LogP contribution in [0.2, 0.25) is 0 Å². The Bertz CT molecular complexity index is 647. The van der Waals surface area contributed by atoms with Crippen molar-refractivity contribution in [1.82, 2.24) is 20.4 Å². The summed E-state index contributed by atoms with van der Waals surface area (Å²) in [7, 11) is 3.06. The quantitative estimate of drug-likeness (QED) is 0.754. The van der Waals surface area contributed by atoms with Crippen LogP contribution in [-0.4, -0.2) is 58.8 Å². The molecule has 0 aliphatic heterocycles. The molecule has 1 N–H and O–H groups in total. The summed E-state index contributed by atoms with van der Waals surface area (Å²) in [5, 5.41) is 9.85. The Morgan fingerprint density at radius 1 is 1.19 bits per heavy atom. The lowest BCUT2D eigenvalue weighted by Gasteiger charge is -2.24. The van der Waals surface area contributed by atoms with E-state index in [1.54, 1.807) is 34.6 Å². The number of ether oxygens (including phenoxy) is 2. The lowest BCUT2D eigenvalue weighted by atomic mass is 10.00. The molecular formula is C16H26N4O6. The van der Waals surface area contributed by atoms with Crippen LogP contribution in [-0.2, 0) is 16.1 Å². The molecule has 10 nitrogen and oxygen atoms in total. The van der Waals surface area contributed by atoms with Gasteiger partial charge in [0.15, 0.2) is 6.61 Å². The average molecular weight is 370 g/mol. The fourth-order valence-electron chi connectivity index (χ4n) is 1.77. The van der Waals surface area contributed by atoms with E-state index in [2.05, 4.69) is 15.5 Å². The van der Waals surface area contributed by atoms with Crippen LogP contribution in [0, 0.1) is 5.92 Å². The first-order valence-electron chi connectivity index (χ1n) is 8.11. The fraction of sp³-hybridized carbons (Fsp3) is 0.688. The summed E-state index contributed by atoms with van der Waals surface area (Å²) < 4.78 is 15.3. The summed E-state index contributed by atoms with van der Waals surface area (Å²) in [6.45, 7) is 8.42. The maximum Gasteiger partial charge on any atom is 0.409 e. The van der Waals surface area contributed by atoms with Crippen molar-refractivity contribution in [3.63, 3.8) is 0 Å². The van der Waals surface area contributed by atoms with Crippen molar-refractivity contribution in [3.05, 3.63) is 11.8 Å². The second kappa shape index (κ2) is 8.63. The number of hydrogen-bond acceptors (Lipinski definition) is 8. The molecule has 0 fully saturated rings. The summed E-state index contributed by atoms with van der Waals surface area (Å²) in [5.74, 6) is -1.10. The van der Waals surface area contributed by atoms with Gasteiger partial charge in [-0.1, -0.05) is 13.8 Å². The van der Waals surface area contributed by atoms with Crippen molar-refractivity contribution in [2.75, 3.05) is 14.1 Å². The van der Waals surface area contributed by atoms with Crippen LogP contribution in [0.3, 0.4) is 0 Å². The molecule has 1 aromatic rings.